The van der Waals surface area contributed by atoms with E-state index in [2.05, 4.69) is 0 Å². The van der Waals surface area contributed by atoms with Gasteiger partial charge in [0.2, 0.25) is 5.43 Å². The number of rotatable bonds is 2. The van der Waals surface area contributed by atoms with Crippen molar-refractivity contribution < 1.29 is 4.74 Å². The molecule has 0 aliphatic rings. The number of ether oxygens (including phenoxy) is 1. The van der Waals surface area contributed by atoms with Gasteiger partial charge in [-0.1, -0.05) is 12.1 Å². The van der Waals surface area contributed by atoms with Gasteiger partial charge in [-0.2, -0.15) is 0 Å². The fraction of sp³-hybridized carbons (Fsp3) is 0.250. The van der Waals surface area contributed by atoms with E-state index in [1.54, 1.807) is 6.20 Å². The van der Waals surface area contributed by atoms with Gasteiger partial charge in [0.25, 0.3) is 0 Å². The van der Waals surface area contributed by atoms with Crippen molar-refractivity contribution in [3.63, 3.8) is 0 Å². The van der Waals surface area contributed by atoms with Crippen LogP contribution in [0.4, 0.5) is 0 Å². The number of nitrogens with zero attached hydrogens (tertiary/aromatic N) is 1. The zero-order valence-corrected chi connectivity index (χ0v) is 8.86. The van der Waals surface area contributed by atoms with Crippen molar-refractivity contribution in [1.82, 2.24) is 4.57 Å². The predicted molar refractivity (Wildman–Crippen MR) is 60.4 cm³/mol. The third-order valence-electron chi connectivity index (χ3n) is 2.52. The molecule has 0 spiro atoms. The molecule has 0 unspecified atom stereocenters. The van der Waals surface area contributed by atoms with Crippen LogP contribution in [0.3, 0.4) is 0 Å². The van der Waals surface area contributed by atoms with E-state index < -0.39 is 0 Å². The molecule has 0 N–H and O–H groups in total. The molecule has 1 aromatic carbocycles. The Labute approximate surface area is 87.9 Å². The van der Waals surface area contributed by atoms with E-state index in [9.17, 15) is 4.79 Å². The van der Waals surface area contributed by atoms with Gasteiger partial charge < -0.3 is 9.30 Å². The summed E-state index contributed by atoms with van der Waals surface area (Å²) >= 11 is 0. The normalized spacial score (nSPS) is 10.5. The molecule has 3 nitrogen and oxygen atoms in total. The second-order valence-corrected chi connectivity index (χ2v) is 3.33. The molecule has 2 aromatic rings. The summed E-state index contributed by atoms with van der Waals surface area (Å²) in [5.74, 6) is 0.399. The lowest BCUT2D eigenvalue weighted by molar-refractivity contribution is 0.407. The topological polar surface area (TPSA) is 31.2 Å². The van der Waals surface area contributed by atoms with Crippen molar-refractivity contribution in [2.45, 2.75) is 13.5 Å². The van der Waals surface area contributed by atoms with Crippen molar-refractivity contribution in [2.75, 3.05) is 7.11 Å². The Balaban J connectivity index is 2.90. The van der Waals surface area contributed by atoms with E-state index in [1.165, 1.54) is 7.11 Å². The van der Waals surface area contributed by atoms with Crippen molar-refractivity contribution in [1.29, 1.82) is 0 Å². The molecular formula is C12H13NO2. The van der Waals surface area contributed by atoms with Gasteiger partial charge in [-0.05, 0) is 19.1 Å². The Kier molecular flexibility index (Phi) is 2.46. The van der Waals surface area contributed by atoms with Gasteiger partial charge >= 0.3 is 0 Å². The van der Waals surface area contributed by atoms with Gasteiger partial charge in [0.05, 0.1) is 18.8 Å². The Hall–Kier alpha value is -1.77. The maximum atomic E-state index is 11.9. The van der Waals surface area contributed by atoms with Crippen LogP contribution in [0.1, 0.15) is 6.92 Å². The van der Waals surface area contributed by atoms with Crippen LogP contribution >= 0.6 is 0 Å². The van der Waals surface area contributed by atoms with Gasteiger partial charge in [0.1, 0.15) is 0 Å². The quantitative estimate of drug-likeness (QED) is 0.747. The summed E-state index contributed by atoms with van der Waals surface area (Å²) in [7, 11) is 1.52. The van der Waals surface area contributed by atoms with Gasteiger partial charge in [-0.3, -0.25) is 4.79 Å². The highest BCUT2D eigenvalue weighted by Crippen LogP contribution is 2.14. The number of hydrogen-bond donors (Lipinski definition) is 0. The number of hydrogen-bond acceptors (Lipinski definition) is 2. The van der Waals surface area contributed by atoms with Gasteiger partial charge in [0, 0.05) is 11.9 Å². The molecular weight excluding hydrogens is 190 g/mol. The second-order valence-electron chi connectivity index (χ2n) is 3.33. The number of benzene rings is 1. The monoisotopic (exact) mass is 203 g/mol. The molecule has 0 aliphatic carbocycles. The third kappa shape index (κ3) is 1.50. The fourth-order valence-electron chi connectivity index (χ4n) is 1.73. The molecule has 0 amide bonds. The number of aromatic nitrogens is 1. The van der Waals surface area contributed by atoms with Crippen LogP contribution in [-0.4, -0.2) is 11.7 Å². The molecule has 0 fully saturated rings. The molecule has 0 radical (unpaired) electrons. The van der Waals surface area contributed by atoms with Crippen LogP contribution in [0.15, 0.2) is 35.3 Å². The first-order valence-corrected chi connectivity index (χ1v) is 4.94. The first-order chi connectivity index (χ1) is 7.27. The number of pyridine rings is 1. The lowest BCUT2D eigenvalue weighted by atomic mass is 10.2. The van der Waals surface area contributed by atoms with Crippen molar-refractivity contribution in [2.24, 2.45) is 0 Å². The maximum absolute atomic E-state index is 11.9. The summed E-state index contributed by atoms with van der Waals surface area (Å²) in [6.07, 6.45) is 1.75. The lowest BCUT2D eigenvalue weighted by Crippen LogP contribution is -2.11. The number of methoxy groups -OCH3 is 1. The minimum atomic E-state index is -0.0437. The highest BCUT2D eigenvalue weighted by Gasteiger charge is 2.07. The van der Waals surface area contributed by atoms with Crippen LogP contribution in [0.5, 0.6) is 5.75 Å². The molecule has 0 aliphatic heterocycles. The minimum absolute atomic E-state index is 0.0437. The first-order valence-electron chi connectivity index (χ1n) is 4.94. The van der Waals surface area contributed by atoms with E-state index >= 15 is 0 Å². The van der Waals surface area contributed by atoms with E-state index in [0.717, 1.165) is 12.1 Å². The second kappa shape index (κ2) is 3.77. The SMILES string of the molecule is CCn1cc(OC)c(=O)c2ccccc21. The Morgan fingerprint density at radius 3 is 2.73 bits per heavy atom. The molecule has 78 valence electrons. The highest BCUT2D eigenvalue weighted by atomic mass is 16.5. The molecule has 0 atom stereocenters. The van der Waals surface area contributed by atoms with E-state index in [4.69, 9.17) is 4.74 Å². The molecule has 3 heteroatoms. The summed E-state index contributed by atoms with van der Waals surface area (Å²) in [4.78, 5) is 11.9. The van der Waals surface area contributed by atoms with E-state index in [0.29, 0.717) is 11.1 Å². The van der Waals surface area contributed by atoms with Crippen LogP contribution in [0.25, 0.3) is 10.9 Å². The molecule has 1 aromatic heterocycles. The zero-order chi connectivity index (χ0) is 10.8. The Morgan fingerprint density at radius 1 is 1.33 bits per heavy atom. The standard InChI is InChI=1S/C12H13NO2/c1-3-13-8-11(15-2)12(14)9-6-4-5-7-10(9)13/h4-8H,3H2,1-2H3. The number of aryl methyl sites for hydroxylation is 1. The first kappa shape index (κ1) is 9.77. The van der Waals surface area contributed by atoms with E-state index in [-0.39, 0.29) is 5.43 Å². The van der Waals surface area contributed by atoms with E-state index in [1.807, 2.05) is 35.8 Å². The molecule has 1 heterocycles. The molecule has 2 rings (SSSR count). The average Bonchev–Trinajstić information content (AvgIpc) is 2.30. The average molecular weight is 203 g/mol. The van der Waals surface area contributed by atoms with Crippen LogP contribution in [-0.2, 0) is 6.54 Å². The lowest BCUT2D eigenvalue weighted by Gasteiger charge is -2.10. The number of fused-ring (bicyclic) bond motifs is 1. The Bertz CT molecular complexity index is 543. The van der Waals surface area contributed by atoms with Gasteiger partial charge in [-0.25, -0.2) is 0 Å². The fourth-order valence-corrected chi connectivity index (χ4v) is 1.73. The van der Waals surface area contributed by atoms with Gasteiger partial charge in [0.15, 0.2) is 5.75 Å². The van der Waals surface area contributed by atoms with Crippen molar-refractivity contribution in [3.05, 3.63) is 40.7 Å². The summed E-state index contributed by atoms with van der Waals surface area (Å²) < 4.78 is 7.07. The minimum Gasteiger partial charge on any atom is -0.491 e. The molecule has 0 saturated carbocycles. The van der Waals surface area contributed by atoms with Crippen molar-refractivity contribution in [3.8, 4) is 5.75 Å². The van der Waals surface area contributed by atoms with Crippen LogP contribution in [0, 0.1) is 0 Å². The number of para-hydroxylation sites is 1. The maximum Gasteiger partial charge on any atom is 0.231 e. The summed E-state index contributed by atoms with van der Waals surface area (Å²) in [6.45, 7) is 2.85. The predicted octanol–water partition coefficient (Wildman–Crippen LogP) is 2.03. The van der Waals surface area contributed by atoms with Crippen molar-refractivity contribution >= 4 is 10.9 Å². The molecule has 0 bridgehead atoms. The zero-order valence-electron chi connectivity index (χ0n) is 8.86. The summed E-state index contributed by atoms with van der Waals surface area (Å²) in [5.41, 5.74) is 0.906. The van der Waals surface area contributed by atoms with Crippen LogP contribution in [0.2, 0.25) is 0 Å². The highest BCUT2D eigenvalue weighted by molar-refractivity contribution is 5.80. The summed E-state index contributed by atoms with van der Waals surface area (Å²) in [5, 5.41) is 0.707. The third-order valence-corrected chi connectivity index (χ3v) is 2.52. The van der Waals surface area contributed by atoms with Gasteiger partial charge in [-0.15, -0.1) is 0 Å². The smallest absolute Gasteiger partial charge is 0.231 e. The van der Waals surface area contributed by atoms with Crippen LogP contribution < -0.4 is 10.2 Å². The summed E-state index contributed by atoms with van der Waals surface area (Å²) in [6, 6.07) is 7.57. The molecule has 0 saturated heterocycles. The largest absolute Gasteiger partial charge is 0.491 e. The Morgan fingerprint density at radius 2 is 2.07 bits per heavy atom. The molecule has 15 heavy (non-hydrogen) atoms.